The molecule has 0 aliphatic rings. The third kappa shape index (κ3) is 3.54. The zero-order chi connectivity index (χ0) is 14.5. The predicted molar refractivity (Wildman–Crippen MR) is 79.9 cm³/mol. The highest BCUT2D eigenvalue weighted by Crippen LogP contribution is 2.30. The second-order valence-corrected chi connectivity index (χ2v) is 5.31. The Kier molecular flexibility index (Phi) is 5.46. The molecule has 0 saturated carbocycles. The lowest BCUT2D eigenvalue weighted by Crippen LogP contribution is -2.24. The van der Waals surface area contributed by atoms with Gasteiger partial charge in [0.25, 0.3) is 0 Å². The third-order valence-corrected chi connectivity index (χ3v) is 3.79. The molecule has 1 N–H and O–H groups in total. The lowest BCUT2D eigenvalue weighted by molar-refractivity contribution is 0.502. The van der Waals surface area contributed by atoms with Crippen molar-refractivity contribution in [2.24, 2.45) is 0 Å². The van der Waals surface area contributed by atoms with Crippen LogP contribution in [0, 0.1) is 5.82 Å². The van der Waals surface area contributed by atoms with Crippen LogP contribution in [0.3, 0.4) is 0 Å². The molecule has 0 aliphatic carbocycles. The monoisotopic (exact) mass is 315 g/mol. The van der Waals surface area contributed by atoms with E-state index in [-0.39, 0.29) is 11.9 Å². The molecule has 0 amide bonds. The predicted octanol–water partition coefficient (Wildman–Crippen LogP) is 5.01. The summed E-state index contributed by atoms with van der Waals surface area (Å²) in [6.45, 7) is 2.87. The molecule has 0 bridgehead atoms. The standard InChI is InChI=1S/C15H16Cl2FNO/c1-2-7-19-14(10-6-8-20-15(10)17)9-11-12(16)4-3-5-13(11)18/h3-6,8,14,19H,2,7,9H2,1H3. The van der Waals surface area contributed by atoms with Crippen LogP contribution in [-0.4, -0.2) is 6.54 Å². The first-order valence-corrected chi connectivity index (χ1v) is 7.28. The molecule has 1 heterocycles. The van der Waals surface area contributed by atoms with Gasteiger partial charge >= 0.3 is 0 Å². The fourth-order valence-electron chi connectivity index (χ4n) is 2.10. The van der Waals surface area contributed by atoms with Crippen molar-refractivity contribution in [2.45, 2.75) is 25.8 Å². The van der Waals surface area contributed by atoms with Crippen molar-refractivity contribution >= 4 is 23.2 Å². The van der Waals surface area contributed by atoms with E-state index in [1.54, 1.807) is 18.2 Å². The first-order valence-electron chi connectivity index (χ1n) is 6.52. The van der Waals surface area contributed by atoms with Crippen LogP contribution in [0.5, 0.6) is 0 Å². The first kappa shape index (κ1) is 15.4. The van der Waals surface area contributed by atoms with E-state index in [0.717, 1.165) is 18.5 Å². The van der Waals surface area contributed by atoms with Gasteiger partial charge in [0, 0.05) is 22.2 Å². The minimum Gasteiger partial charge on any atom is -0.453 e. The quantitative estimate of drug-likeness (QED) is 0.810. The highest BCUT2D eigenvalue weighted by atomic mass is 35.5. The normalized spacial score (nSPS) is 12.6. The van der Waals surface area contributed by atoms with Gasteiger partial charge in [-0.1, -0.05) is 24.6 Å². The van der Waals surface area contributed by atoms with Crippen molar-refractivity contribution in [1.29, 1.82) is 0 Å². The first-order chi connectivity index (χ1) is 9.63. The Morgan fingerprint density at radius 1 is 1.30 bits per heavy atom. The summed E-state index contributed by atoms with van der Waals surface area (Å²) >= 11 is 12.1. The van der Waals surface area contributed by atoms with Gasteiger partial charge in [-0.3, -0.25) is 0 Å². The van der Waals surface area contributed by atoms with Gasteiger partial charge < -0.3 is 9.73 Å². The van der Waals surface area contributed by atoms with Crippen LogP contribution in [0.1, 0.15) is 30.5 Å². The maximum Gasteiger partial charge on any atom is 0.197 e. The molecule has 1 aromatic carbocycles. The largest absolute Gasteiger partial charge is 0.453 e. The average molecular weight is 316 g/mol. The Bertz CT molecular complexity index is 551. The second-order valence-electron chi connectivity index (χ2n) is 4.56. The number of benzene rings is 1. The number of halogens is 3. The smallest absolute Gasteiger partial charge is 0.197 e. The van der Waals surface area contributed by atoms with Gasteiger partial charge in [0.15, 0.2) is 5.22 Å². The lowest BCUT2D eigenvalue weighted by atomic mass is 10.0. The highest BCUT2D eigenvalue weighted by molar-refractivity contribution is 6.31. The van der Waals surface area contributed by atoms with Gasteiger partial charge in [-0.25, -0.2) is 4.39 Å². The van der Waals surface area contributed by atoms with Gasteiger partial charge in [-0.05, 0) is 49.2 Å². The molecule has 5 heteroatoms. The summed E-state index contributed by atoms with van der Waals surface area (Å²) in [6, 6.07) is 6.36. The van der Waals surface area contributed by atoms with Gasteiger partial charge in [0.05, 0.1) is 6.26 Å². The van der Waals surface area contributed by atoms with E-state index in [0.29, 0.717) is 22.2 Å². The summed E-state index contributed by atoms with van der Waals surface area (Å²) in [5, 5.41) is 4.09. The summed E-state index contributed by atoms with van der Waals surface area (Å²) in [4.78, 5) is 0. The molecule has 1 unspecified atom stereocenters. The van der Waals surface area contributed by atoms with Crippen LogP contribution >= 0.6 is 23.2 Å². The van der Waals surface area contributed by atoms with Crippen molar-refractivity contribution in [2.75, 3.05) is 6.54 Å². The maximum atomic E-state index is 13.9. The molecular weight excluding hydrogens is 300 g/mol. The Balaban J connectivity index is 2.26. The zero-order valence-electron chi connectivity index (χ0n) is 11.1. The Labute approximate surface area is 127 Å². The van der Waals surface area contributed by atoms with Crippen molar-refractivity contribution < 1.29 is 8.81 Å². The fraction of sp³-hybridized carbons (Fsp3) is 0.333. The van der Waals surface area contributed by atoms with Crippen LogP contribution in [-0.2, 0) is 6.42 Å². The van der Waals surface area contributed by atoms with E-state index in [9.17, 15) is 4.39 Å². The summed E-state index contributed by atoms with van der Waals surface area (Å²) < 4.78 is 19.0. The molecule has 20 heavy (non-hydrogen) atoms. The minimum atomic E-state index is -0.305. The van der Waals surface area contributed by atoms with E-state index >= 15 is 0 Å². The summed E-state index contributed by atoms with van der Waals surface area (Å²) in [7, 11) is 0. The second kappa shape index (κ2) is 7.11. The van der Waals surface area contributed by atoms with Gasteiger partial charge in [-0.15, -0.1) is 0 Å². The van der Waals surface area contributed by atoms with Crippen molar-refractivity contribution in [3.63, 3.8) is 0 Å². The van der Waals surface area contributed by atoms with E-state index < -0.39 is 0 Å². The maximum absolute atomic E-state index is 13.9. The van der Waals surface area contributed by atoms with Crippen LogP contribution < -0.4 is 5.32 Å². The highest BCUT2D eigenvalue weighted by Gasteiger charge is 2.20. The van der Waals surface area contributed by atoms with E-state index in [4.69, 9.17) is 27.6 Å². The van der Waals surface area contributed by atoms with Gasteiger partial charge in [-0.2, -0.15) is 0 Å². The third-order valence-electron chi connectivity index (χ3n) is 3.13. The topological polar surface area (TPSA) is 25.2 Å². The molecule has 1 atom stereocenters. The Hall–Kier alpha value is -1.03. The summed E-state index contributed by atoms with van der Waals surface area (Å²) in [5.41, 5.74) is 1.31. The number of furan rings is 1. The van der Waals surface area contributed by atoms with Gasteiger partial charge in [0.2, 0.25) is 0 Å². The van der Waals surface area contributed by atoms with E-state index in [1.165, 1.54) is 12.3 Å². The average Bonchev–Trinajstić information content (AvgIpc) is 2.84. The van der Waals surface area contributed by atoms with Crippen LogP contribution in [0.15, 0.2) is 34.9 Å². The van der Waals surface area contributed by atoms with Gasteiger partial charge in [0.1, 0.15) is 5.82 Å². The number of rotatable bonds is 6. The van der Waals surface area contributed by atoms with E-state index in [1.807, 2.05) is 0 Å². The summed E-state index contributed by atoms with van der Waals surface area (Å²) in [6.07, 6.45) is 2.92. The molecule has 0 fully saturated rings. The molecule has 1 aromatic heterocycles. The molecule has 2 aromatic rings. The molecule has 0 aliphatic heterocycles. The summed E-state index contributed by atoms with van der Waals surface area (Å²) in [5.74, 6) is -0.305. The molecule has 2 nitrogen and oxygen atoms in total. The van der Waals surface area contributed by atoms with E-state index in [2.05, 4.69) is 12.2 Å². The fourth-order valence-corrected chi connectivity index (χ4v) is 2.58. The Morgan fingerprint density at radius 3 is 2.70 bits per heavy atom. The molecular formula is C15H16Cl2FNO. The van der Waals surface area contributed by atoms with Crippen molar-refractivity contribution in [1.82, 2.24) is 5.32 Å². The van der Waals surface area contributed by atoms with Crippen molar-refractivity contribution in [3.05, 3.63) is 57.7 Å². The van der Waals surface area contributed by atoms with Crippen LogP contribution in [0.2, 0.25) is 10.2 Å². The molecule has 0 spiro atoms. The number of hydrogen-bond acceptors (Lipinski definition) is 2. The SMILES string of the molecule is CCCNC(Cc1c(F)cccc1Cl)c1ccoc1Cl. The molecule has 0 radical (unpaired) electrons. The Morgan fingerprint density at radius 2 is 2.10 bits per heavy atom. The zero-order valence-corrected chi connectivity index (χ0v) is 12.6. The number of nitrogens with one attached hydrogen (secondary N) is 1. The molecule has 0 saturated heterocycles. The molecule has 108 valence electrons. The van der Waals surface area contributed by atoms with Crippen LogP contribution in [0.4, 0.5) is 4.39 Å². The molecule has 2 rings (SSSR count). The lowest BCUT2D eigenvalue weighted by Gasteiger charge is -2.18. The number of hydrogen-bond donors (Lipinski definition) is 1. The van der Waals surface area contributed by atoms with Crippen LogP contribution in [0.25, 0.3) is 0 Å². The minimum absolute atomic E-state index is 0.129. The van der Waals surface area contributed by atoms with Crippen molar-refractivity contribution in [3.8, 4) is 0 Å².